The minimum Gasteiger partial charge on any atom is -0.488 e. The highest BCUT2D eigenvalue weighted by molar-refractivity contribution is 5.44. The molecule has 0 aromatic heterocycles. The number of nitriles is 1. The van der Waals surface area contributed by atoms with Crippen LogP contribution in [0.1, 0.15) is 31.9 Å². The van der Waals surface area contributed by atoms with Crippen LogP contribution in [-0.4, -0.2) is 5.60 Å². The highest BCUT2D eigenvalue weighted by atomic mass is 19.4. The number of benzene rings is 1. The van der Waals surface area contributed by atoms with Crippen LogP contribution >= 0.6 is 0 Å². The lowest BCUT2D eigenvalue weighted by molar-refractivity contribution is -0.137. The average Bonchev–Trinajstić information content (AvgIpc) is 2.13. The van der Waals surface area contributed by atoms with Gasteiger partial charge in [0.05, 0.1) is 17.2 Å². The fourth-order valence-electron chi connectivity index (χ4n) is 1.28. The minimum atomic E-state index is -4.52. The van der Waals surface area contributed by atoms with Gasteiger partial charge in [-0.1, -0.05) is 0 Å². The van der Waals surface area contributed by atoms with Crippen molar-refractivity contribution in [2.75, 3.05) is 0 Å². The smallest absolute Gasteiger partial charge is 0.417 e. The minimum absolute atomic E-state index is 0.252. The van der Waals surface area contributed by atoms with Crippen molar-refractivity contribution in [1.29, 1.82) is 5.26 Å². The van der Waals surface area contributed by atoms with E-state index in [4.69, 9.17) is 10.00 Å². The van der Waals surface area contributed by atoms with Gasteiger partial charge in [0.1, 0.15) is 11.4 Å². The molecule has 0 saturated carbocycles. The maximum Gasteiger partial charge on any atom is 0.417 e. The number of nitrogens with zero attached hydrogens (tertiary/aromatic N) is 1. The normalized spacial score (nSPS) is 12.1. The Hall–Kier alpha value is -1.70. The average molecular weight is 243 g/mol. The van der Waals surface area contributed by atoms with Crippen molar-refractivity contribution in [2.45, 2.75) is 32.5 Å². The van der Waals surface area contributed by atoms with Gasteiger partial charge in [0, 0.05) is 0 Å². The highest BCUT2D eigenvalue weighted by Gasteiger charge is 2.33. The third kappa shape index (κ3) is 3.66. The van der Waals surface area contributed by atoms with Gasteiger partial charge >= 0.3 is 6.18 Å². The maximum absolute atomic E-state index is 12.5. The van der Waals surface area contributed by atoms with E-state index in [1.807, 2.05) is 0 Å². The van der Waals surface area contributed by atoms with Gasteiger partial charge in [0.15, 0.2) is 0 Å². The second-order valence-electron chi connectivity index (χ2n) is 4.53. The zero-order chi connectivity index (χ0) is 13.3. The molecule has 1 rings (SSSR count). The molecule has 17 heavy (non-hydrogen) atoms. The van der Waals surface area contributed by atoms with Crippen molar-refractivity contribution in [1.82, 2.24) is 0 Å². The Labute approximate surface area is 97.6 Å². The Morgan fingerprint density at radius 2 is 1.76 bits per heavy atom. The van der Waals surface area contributed by atoms with Crippen LogP contribution in [0.25, 0.3) is 0 Å². The van der Waals surface area contributed by atoms with Crippen molar-refractivity contribution in [3.05, 3.63) is 29.3 Å². The molecule has 0 heterocycles. The van der Waals surface area contributed by atoms with Crippen LogP contribution in [0.5, 0.6) is 5.75 Å². The largest absolute Gasteiger partial charge is 0.488 e. The summed E-state index contributed by atoms with van der Waals surface area (Å²) in [7, 11) is 0. The van der Waals surface area contributed by atoms with Crippen molar-refractivity contribution in [2.24, 2.45) is 0 Å². The fraction of sp³-hybridized carbons (Fsp3) is 0.417. The van der Waals surface area contributed by atoms with Gasteiger partial charge in [-0.3, -0.25) is 0 Å². The van der Waals surface area contributed by atoms with Gasteiger partial charge in [-0.15, -0.1) is 0 Å². The Kier molecular flexibility index (Phi) is 3.37. The highest BCUT2D eigenvalue weighted by Crippen LogP contribution is 2.34. The lowest BCUT2D eigenvalue weighted by atomic mass is 10.1. The van der Waals surface area contributed by atoms with Gasteiger partial charge in [0.25, 0.3) is 0 Å². The molecule has 1 aromatic carbocycles. The van der Waals surface area contributed by atoms with E-state index in [9.17, 15) is 13.2 Å². The van der Waals surface area contributed by atoms with E-state index in [0.717, 1.165) is 12.1 Å². The fourth-order valence-corrected chi connectivity index (χ4v) is 1.28. The first-order chi connectivity index (χ1) is 7.63. The number of alkyl halides is 3. The Morgan fingerprint density at radius 3 is 2.18 bits per heavy atom. The number of halogens is 3. The van der Waals surface area contributed by atoms with Crippen LogP contribution in [0.4, 0.5) is 13.2 Å². The third-order valence-electron chi connectivity index (χ3n) is 1.84. The molecular formula is C12H12F3NO. The predicted octanol–water partition coefficient (Wildman–Crippen LogP) is 3.75. The lowest BCUT2D eigenvalue weighted by Crippen LogP contribution is -2.23. The first-order valence-corrected chi connectivity index (χ1v) is 4.94. The molecule has 0 fully saturated rings. The quantitative estimate of drug-likeness (QED) is 0.752. The van der Waals surface area contributed by atoms with Crippen LogP contribution in [0.3, 0.4) is 0 Å². The van der Waals surface area contributed by atoms with E-state index in [-0.39, 0.29) is 5.75 Å². The standard InChI is InChI=1S/C12H12F3NO/c1-11(2,3)17-9-4-5-10(12(13,14)15)8(6-9)7-16/h4-6H,1-3H3. The summed E-state index contributed by atoms with van der Waals surface area (Å²) < 4.78 is 42.9. The van der Waals surface area contributed by atoms with Crippen molar-refractivity contribution < 1.29 is 17.9 Å². The summed E-state index contributed by atoms with van der Waals surface area (Å²) in [6.45, 7) is 5.32. The molecular weight excluding hydrogens is 231 g/mol. The van der Waals surface area contributed by atoms with Crippen molar-refractivity contribution >= 4 is 0 Å². The van der Waals surface area contributed by atoms with Crippen molar-refractivity contribution in [3.63, 3.8) is 0 Å². The molecule has 5 heteroatoms. The zero-order valence-corrected chi connectivity index (χ0v) is 9.72. The summed E-state index contributed by atoms with van der Waals surface area (Å²) in [5.74, 6) is 0.252. The second-order valence-corrected chi connectivity index (χ2v) is 4.53. The molecule has 0 spiro atoms. The van der Waals surface area contributed by atoms with Crippen LogP contribution in [0, 0.1) is 11.3 Å². The summed E-state index contributed by atoms with van der Waals surface area (Å²) >= 11 is 0. The summed E-state index contributed by atoms with van der Waals surface area (Å²) in [5, 5.41) is 8.70. The zero-order valence-electron chi connectivity index (χ0n) is 9.72. The Bertz CT molecular complexity index is 452. The topological polar surface area (TPSA) is 33.0 Å². The van der Waals surface area contributed by atoms with E-state index in [0.29, 0.717) is 0 Å². The molecule has 0 aliphatic carbocycles. The second kappa shape index (κ2) is 4.28. The first kappa shape index (κ1) is 13.4. The molecule has 0 aliphatic rings. The van der Waals surface area contributed by atoms with E-state index in [1.54, 1.807) is 20.8 Å². The lowest BCUT2D eigenvalue weighted by Gasteiger charge is -2.21. The molecule has 0 radical (unpaired) electrons. The van der Waals surface area contributed by atoms with Crippen LogP contribution < -0.4 is 4.74 Å². The molecule has 2 nitrogen and oxygen atoms in total. The summed E-state index contributed by atoms with van der Waals surface area (Å²) in [4.78, 5) is 0. The number of hydrogen-bond donors (Lipinski definition) is 0. The van der Waals surface area contributed by atoms with Gasteiger partial charge in [-0.2, -0.15) is 18.4 Å². The number of ether oxygens (including phenoxy) is 1. The molecule has 0 unspecified atom stereocenters. The molecule has 0 N–H and O–H groups in total. The SMILES string of the molecule is CC(C)(C)Oc1ccc(C(F)(F)F)c(C#N)c1. The van der Waals surface area contributed by atoms with Crippen molar-refractivity contribution in [3.8, 4) is 11.8 Å². The van der Waals surface area contributed by atoms with Gasteiger partial charge in [0.2, 0.25) is 0 Å². The number of hydrogen-bond acceptors (Lipinski definition) is 2. The Balaban J connectivity index is 3.15. The predicted molar refractivity (Wildman–Crippen MR) is 56.5 cm³/mol. The van der Waals surface area contributed by atoms with Gasteiger partial charge in [-0.25, -0.2) is 0 Å². The molecule has 1 aromatic rings. The van der Waals surface area contributed by atoms with E-state index in [2.05, 4.69) is 0 Å². The monoisotopic (exact) mass is 243 g/mol. The van der Waals surface area contributed by atoms with Crippen LogP contribution in [0.15, 0.2) is 18.2 Å². The first-order valence-electron chi connectivity index (χ1n) is 4.94. The summed E-state index contributed by atoms with van der Waals surface area (Å²) in [5.41, 5.74) is -1.90. The van der Waals surface area contributed by atoms with Gasteiger partial charge < -0.3 is 4.74 Å². The molecule has 92 valence electrons. The summed E-state index contributed by atoms with van der Waals surface area (Å²) in [6.07, 6.45) is -4.52. The number of rotatable bonds is 1. The molecule has 0 aliphatic heterocycles. The molecule has 0 bridgehead atoms. The molecule has 0 saturated heterocycles. The van der Waals surface area contributed by atoms with Crippen LogP contribution in [0.2, 0.25) is 0 Å². The Morgan fingerprint density at radius 1 is 1.18 bits per heavy atom. The maximum atomic E-state index is 12.5. The van der Waals surface area contributed by atoms with E-state index < -0.39 is 22.9 Å². The molecule has 0 atom stereocenters. The summed E-state index contributed by atoms with van der Waals surface area (Å²) in [6, 6.07) is 4.71. The van der Waals surface area contributed by atoms with Gasteiger partial charge in [-0.05, 0) is 39.0 Å². The van der Waals surface area contributed by atoms with Crippen LogP contribution in [-0.2, 0) is 6.18 Å². The third-order valence-corrected chi connectivity index (χ3v) is 1.84. The molecule has 0 amide bonds. The van der Waals surface area contributed by atoms with E-state index >= 15 is 0 Å². The van der Waals surface area contributed by atoms with E-state index in [1.165, 1.54) is 12.1 Å².